The number of amides is 2. The molecule has 1 N–H and O–H groups in total. The summed E-state index contributed by atoms with van der Waals surface area (Å²) in [5, 5.41) is 1.96. The summed E-state index contributed by atoms with van der Waals surface area (Å²) >= 11 is 0.920. The lowest BCUT2D eigenvalue weighted by atomic mass is 9.86. The number of nitrogens with one attached hydrogen (secondary N) is 1. The summed E-state index contributed by atoms with van der Waals surface area (Å²) in [6, 6.07) is 18.3. The van der Waals surface area contributed by atoms with E-state index in [9.17, 15) is 9.59 Å². The SMILES string of the molecule is Cc1c(C)c2c(c(C)c1OCc1ccccc1)CCC(C)(CN1CCCC1COc1cccc(C=C3SC(=O)NC3=O)c1)O2. The van der Waals surface area contributed by atoms with Gasteiger partial charge in [0.1, 0.15) is 36.1 Å². The molecule has 8 heteroatoms. The van der Waals surface area contributed by atoms with Crippen LogP contribution in [0.4, 0.5) is 4.79 Å². The number of fused-ring (bicyclic) bond motifs is 1. The highest BCUT2D eigenvalue weighted by Crippen LogP contribution is 2.44. The van der Waals surface area contributed by atoms with Gasteiger partial charge in [-0.2, -0.15) is 0 Å². The molecule has 0 saturated carbocycles. The zero-order chi connectivity index (χ0) is 30.8. The molecular weight excluding hydrogens is 572 g/mol. The number of benzene rings is 3. The van der Waals surface area contributed by atoms with Gasteiger partial charge in [-0.05, 0) is 118 Å². The Bertz CT molecular complexity index is 1600. The Kier molecular flexibility index (Phi) is 8.74. The fourth-order valence-corrected chi connectivity index (χ4v) is 7.20. The number of carbonyl (C=O) groups is 2. The lowest BCUT2D eigenvalue weighted by Gasteiger charge is -2.41. The van der Waals surface area contributed by atoms with E-state index in [2.05, 4.69) is 50.0 Å². The van der Waals surface area contributed by atoms with E-state index in [1.807, 2.05) is 42.5 Å². The maximum Gasteiger partial charge on any atom is 0.290 e. The largest absolute Gasteiger partial charge is 0.492 e. The van der Waals surface area contributed by atoms with Crippen molar-refractivity contribution in [2.24, 2.45) is 0 Å². The molecule has 2 fully saturated rings. The van der Waals surface area contributed by atoms with Gasteiger partial charge in [0.2, 0.25) is 0 Å². The van der Waals surface area contributed by atoms with Crippen molar-refractivity contribution in [3.8, 4) is 17.2 Å². The van der Waals surface area contributed by atoms with Gasteiger partial charge in [-0.25, -0.2) is 0 Å². The second kappa shape index (κ2) is 12.7. The molecule has 2 unspecified atom stereocenters. The van der Waals surface area contributed by atoms with Crippen LogP contribution in [0, 0.1) is 20.8 Å². The molecule has 2 amide bonds. The van der Waals surface area contributed by atoms with Crippen LogP contribution in [0.2, 0.25) is 0 Å². The van der Waals surface area contributed by atoms with E-state index in [0.717, 1.165) is 90.0 Å². The number of hydrogen-bond donors (Lipinski definition) is 1. The third-order valence-electron chi connectivity index (χ3n) is 9.07. The highest BCUT2D eigenvalue weighted by molar-refractivity contribution is 8.18. The number of carbonyl (C=O) groups excluding carboxylic acids is 2. The van der Waals surface area contributed by atoms with Crippen LogP contribution in [0.3, 0.4) is 0 Å². The molecule has 230 valence electrons. The summed E-state index contributed by atoms with van der Waals surface area (Å²) in [5.41, 5.74) is 6.45. The summed E-state index contributed by atoms with van der Waals surface area (Å²) in [7, 11) is 0. The first-order chi connectivity index (χ1) is 21.2. The van der Waals surface area contributed by atoms with Crippen LogP contribution in [0.15, 0.2) is 59.5 Å². The van der Waals surface area contributed by atoms with Crippen molar-refractivity contribution in [3.05, 3.63) is 92.9 Å². The van der Waals surface area contributed by atoms with E-state index >= 15 is 0 Å². The molecule has 2 atom stereocenters. The van der Waals surface area contributed by atoms with Gasteiger partial charge in [-0.15, -0.1) is 0 Å². The Morgan fingerprint density at radius 2 is 1.86 bits per heavy atom. The van der Waals surface area contributed by atoms with Crippen LogP contribution in [0.1, 0.15) is 59.6 Å². The van der Waals surface area contributed by atoms with Crippen molar-refractivity contribution in [1.82, 2.24) is 10.2 Å². The van der Waals surface area contributed by atoms with E-state index in [0.29, 0.717) is 24.2 Å². The highest BCUT2D eigenvalue weighted by Gasteiger charge is 2.39. The van der Waals surface area contributed by atoms with Crippen LogP contribution in [0.5, 0.6) is 17.2 Å². The number of likely N-dealkylation sites (tertiary alicyclic amines) is 1. The van der Waals surface area contributed by atoms with Gasteiger partial charge in [-0.1, -0.05) is 42.5 Å². The van der Waals surface area contributed by atoms with Crippen LogP contribution in [-0.4, -0.2) is 47.4 Å². The maximum atomic E-state index is 11.9. The maximum absolute atomic E-state index is 11.9. The first kappa shape index (κ1) is 30.3. The Morgan fingerprint density at radius 1 is 1.05 bits per heavy atom. The van der Waals surface area contributed by atoms with Crippen molar-refractivity contribution >= 4 is 29.0 Å². The lowest BCUT2D eigenvalue weighted by molar-refractivity contribution is -0.115. The van der Waals surface area contributed by atoms with Crippen molar-refractivity contribution in [3.63, 3.8) is 0 Å². The number of nitrogens with zero attached hydrogens (tertiary/aromatic N) is 1. The standard InChI is InChI=1S/C36H40N2O5S/c1-23-24(2)33-30(25(3)32(23)42-20-26-10-6-5-7-11-26)15-16-36(4,43-33)22-38-17-9-13-28(38)21-41-29-14-8-12-27(18-29)19-31-34(39)37-35(40)44-31/h5-8,10-12,14,18-19,28H,9,13,15-17,20-22H2,1-4H3,(H,37,39,40). The first-order valence-corrected chi connectivity index (χ1v) is 16.2. The minimum atomic E-state index is -0.355. The molecule has 44 heavy (non-hydrogen) atoms. The number of hydrogen-bond acceptors (Lipinski definition) is 7. The topological polar surface area (TPSA) is 77.1 Å². The van der Waals surface area contributed by atoms with Gasteiger partial charge in [0, 0.05) is 18.2 Å². The van der Waals surface area contributed by atoms with Crippen molar-refractivity contribution in [2.75, 3.05) is 19.7 Å². The summed E-state index contributed by atoms with van der Waals surface area (Å²) in [6.07, 6.45) is 5.83. The number of rotatable bonds is 9. The van der Waals surface area contributed by atoms with Gasteiger partial charge in [0.15, 0.2) is 0 Å². The average Bonchev–Trinajstić information content (AvgIpc) is 3.58. The normalized spacial score (nSPS) is 22.5. The van der Waals surface area contributed by atoms with Crippen molar-refractivity contribution in [1.29, 1.82) is 0 Å². The molecule has 2 saturated heterocycles. The Hall–Kier alpha value is -3.75. The minimum Gasteiger partial charge on any atom is -0.492 e. The molecule has 3 aliphatic rings. The summed E-state index contributed by atoms with van der Waals surface area (Å²) in [4.78, 5) is 26.4. The molecule has 3 aliphatic heterocycles. The van der Waals surface area contributed by atoms with Gasteiger partial charge in [0.05, 0.1) is 4.91 Å². The smallest absolute Gasteiger partial charge is 0.290 e. The molecular formula is C36H40N2O5S. The number of thioether (sulfide) groups is 1. The van der Waals surface area contributed by atoms with E-state index in [1.54, 1.807) is 6.08 Å². The average molecular weight is 613 g/mol. The highest BCUT2D eigenvalue weighted by atomic mass is 32.2. The monoisotopic (exact) mass is 612 g/mol. The molecule has 3 aromatic rings. The van der Waals surface area contributed by atoms with Gasteiger partial charge in [0.25, 0.3) is 11.1 Å². The first-order valence-electron chi connectivity index (χ1n) is 15.4. The van der Waals surface area contributed by atoms with E-state index in [4.69, 9.17) is 14.2 Å². The molecule has 0 aliphatic carbocycles. The lowest BCUT2D eigenvalue weighted by Crippen LogP contribution is -2.50. The number of ether oxygens (including phenoxy) is 3. The molecule has 0 bridgehead atoms. The van der Waals surface area contributed by atoms with E-state index in [1.165, 1.54) is 11.1 Å². The summed E-state index contributed by atoms with van der Waals surface area (Å²) < 4.78 is 19.5. The van der Waals surface area contributed by atoms with Gasteiger partial charge < -0.3 is 14.2 Å². The molecule has 0 aromatic heterocycles. The molecule has 0 spiro atoms. The molecule has 3 heterocycles. The van der Waals surface area contributed by atoms with Crippen molar-refractivity contribution in [2.45, 2.75) is 71.6 Å². The van der Waals surface area contributed by atoms with Crippen LogP contribution < -0.4 is 19.5 Å². The van der Waals surface area contributed by atoms with Gasteiger partial charge in [-0.3, -0.25) is 19.8 Å². The van der Waals surface area contributed by atoms with Crippen LogP contribution >= 0.6 is 11.8 Å². The second-order valence-electron chi connectivity index (χ2n) is 12.3. The van der Waals surface area contributed by atoms with Crippen LogP contribution in [-0.2, 0) is 17.8 Å². The molecule has 6 rings (SSSR count). The quantitative estimate of drug-likeness (QED) is 0.257. The number of imide groups is 1. The zero-order valence-corrected chi connectivity index (χ0v) is 26.7. The Labute approximate surface area is 264 Å². The predicted molar refractivity (Wildman–Crippen MR) is 174 cm³/mol. The third-order valence-corrected chi connectivity index (χ3v) is 9.88. The molecule has 7 nitrogen and oxygen atoms in total. The van der Waals surface area contributed by atoms with Gasteiger partial charge >= 0.3 is 0 Å². The second-order valence-corrected chi connectivity index (χ2v) is 13.4. The summed E-state index contributed by atoms with van der Waals surface area (Å²) in [5.74, 6) is 2.40. The Balaban J connectivity index is 1.10. The fourth-order valence-electron chi connectivity index (χ4n) is 6.52. The molecule has 3 aromatic carbocycles. The fraction of sp³-hybridized carbons (Fsp3) is 0.389. The zero-order valence-electron chi connectivity index (χ0n) is 25.9. The summed E-state index contributed by atoms with van der Waals surface area (Å²) in [6.45, 7) is 11.7. The van der Waals surface area contributed by atoms with E-state index < -0.39 is 0 Å². The predicted octanol–water partition coefficient (Wildman–Crippen LogP) is 7.14. The Morgan fingerprint density at radius 3 is 2.64 bits per heavy atom. The third kappa shape index (κ3) is 6.52. The van der Waals surface area contributed by atoms with E-state index in [-0.39, 0.29) is 16.7 Å². The molecule has 0 radical (unpaired) electrons. The van der Waals surface area contributed by atoms with Crippen molar-refractivity contribution < 1.29 is 23.8 Å². The van der Waals surface area contributed by atoms with Crippen LogP contribution in [0.25, 0.3) is 6.08 Å². The minimum absolute atomic E-state index is 0.297.